The molecule has 0 unspecified atom stereocenters. The molecule has 0 saturated carbocycles. The fourth-order valence-corrected chi connectivity index (χ4v) is 2.06. The molecule has 0 radical (unpaired) electrons. The average Bonchev–Trinajstić information content (AvgIpc) is 3.08. The van der Waals surface area contributed by atoms with E-state index in [0.29, 0.717) is 6.54 Å². The van der Waals surface area contributed by atoms with Gasteiger partial charge in [0.2, 0.25) is 5.76 Å². The topological polar surface area (TPSA) is 70.9 Å². The maximum absolute atomic E-state index is 11.6. The molecule has 19 heavy (non-hydrogen) atoms. The second kappa shape index (κ2) is 4.97. The highest BCUT2D eigenvalue weighted by Crippen LogP contribution is 2.17. The zero-order valence-corrected chi connectivity index (χ0v) is 10.2. The van der Waals surface area contributed by atoms with Crippen LogP contribution in [-0.2, 0) is 6.42 Å². The monoisotopic (exact) mass is 255 g/mol. The van der Waals surface area contributed by atoms with Crippen molar-refractivity contribution in [3.8, 4) is 0 Å². The number of aromatic nitrogens is 2. The summed E-state index contributed by atoms with van der Waals surface area (Å²) in [5.41, 5.74) is 2.30. The lowest BCUT2D eigenvalue weighted by molar-refractivity contribution is 0.0926. The molecule has 96 valence electrons. The van der Waals surface area contributed by atoms with Crippen LogP contribution < -0.4 is 5.32 Å². The first kappa shape index (κ1) is 11.5. The highest BCUT2D eigenvalue weighted by molar-refractivity contribution is 5.91. The fourth-order valence-electron chi connectivity index (χ4n) is 2.06. The van der Waals surface area contributed by atoms with Crippen molar-refractivity contribution in [1.29, 1.82) is 0 Å². The number of aromatic amines is 1. The Labute approximate surface area is 109 Å². The Bertz CT molecular complexity index is 686. The van der Waals surface area contributed by atoms with Crippen molar-refractivity contribution < 1.29 is 9.21 Å². The molecule has 3 aromatic rings. The van der Waals surface area contributed by atoms with Crippen LogP contribution in [0.1, 0.15) is 16.1 Å². The van der Waals surface area contributed by atoms with E-state index in [1.54, 1.807) is 0 Å². The summed E-state index contributed by atoms with van der Waals surface area (Å²) >= 11 is 0. The lowest BCUT2D eigenvalue weighted by Crippen LogP contribution is -2.25. The maximum Gasteiger partial charge on any atom is 0.288 e. The maximum atomic E-state index is 11.6. The van der Waals surface area contributed by atoms with E-state index >= 15 is 0 Å². The van der Waals surface area contributed by atoms with Gasteiger partial charge in [0.15, 0.2) is 6.39 Å². The van der Waals surface area contributed by atoms with Gasteiger partial charge in [-0.15, -0.1) is 0 Å². The Morgan fingerprint density at radius 2 is 2.26 bits per heavy atom. The van der Waals surface area contributed by atoms with Crippen molar-refractivity contribution in [3.05, 3.63) is 54.4 Å². The van der Waals surface area contributed by atoms with Crippen LogP contribution in [0.2, 0.25) is 0 Å². The molecule has 0 atom stereocenters. The minimum Gasteiger partial charge on any atom is -0.438 e. The summed E-state index contributed by atoms with van der Waals surface area (Å²) in [6.07, 6.45) is 5.39. The van der Waals surface area contributed by atoms with E-state index in [1.165, 1.54) is 23.5 Å². The Kier molecular flexibility index (Phi) is 3.02. The number of fused-ring (bicyclic) bond motifs is 1. The van der Waals surface area contributed by atoms with Crippen molar-refractivity contribution in [2.45, 2.75) is 6.42 Å². The van der Waals surface area contributed by atoms with Crippen LogP contribution in [0.5, 0.6) is 0 Å². The number of carbonyl (C=O) groups excluding carboxylic acids is 1. The van der Waals surface area contributed by atoms with E-state index in [-0.39, 0.29) is 11.7 Å². The fraction of sp³-hybridized carbons (Fsp3) is 0.143. The van der Waals surface area contributed by atoms with Crippen molar-refractivity contribution in [3.63, 3.8) is 0 Å². The third-order valence-corrected chi connectivity index (χ3v) is 3.01. The number of carbonyl (C=O) groups is 1. The normalized spacial score (nSPS) is 10.7. The number of hydrogen-bond acceptors (Lipinski definition) is 3. The molecule has 0 fully saturated rings. The zero-order chi connectivity index (χ0) is 13.1. The summed E-state index contributed by atoms with van der Waals surface area (Å²) < 4.78 is 4.92. The molecule has 2 aromatic heterocycles. The largest absolute Gasteiger partial charge is 0.438 e. The third-order valence-electron chi connectivity index (χ3n) is 3.01. The van der Waals surface area contributed by atoms with Gasteiger partial charge in [-0.1, -0.05) is 18.2 Å². The lowest BCUT2D eigenvalue weighted by atomic mass is 10.1. The summed E-state index contributed by atoms with van der Waals surface area (Å²) in [4.78, 5) is 18.6. The first-order valence-corrected chi connectivity index (χ1v) is 6.06. The molecule has 5 heteroatoms. The number of hydrogen-bond donors (Lipinski definition) is 2. The van der Waals surface area contributed by atoms with Crippen LogP contribution in [0.15, 0.2) is 47.5 Å². The number of para-hydroxylation sites is 1. The Morgan fingerprint density at radius 3 is 3.11 bits per heavy atom. The molecule has 1 amide bonds. The van der Waals surface area contributed by atoms with Crippen LogP contribution in [0, 0.1) is 0 Å². The van der Waals surface area contributed by atoms with Gasteiger partial charge in [0.1, 0.15) is 0 Å². The number of oxazole rings is 1. The van der Waals surface area contributed by atoms with Gasteiger partial charge in [0, 0.05) is 23.6 Å². The van der Waals surface area contributed by atoms with Gasteiger partial charge in [0.25, 0.3) is 5.91 Å². The van der Waals surface area contributed by atoms with E-state index in [2.05, 4.69) is 21.4 Å². The van der Waals surface area contributed by atoms with E-state index in [1.807, 2.05) is 24.4 Å². The van der Waals surface area contributed by atoms with Crippen LogP contribution in [0.25, 0.3) is 10.9 Å². The molecule has 0 spiro atoms. The number of nitrogens with one attached hydrogen (secondary N) is 2. The second-order valence-corrected chi connectivity index (χ2v) is 4.23. The molecule has 3 rings (SSSR count). The summed E-state index contributed by atoms with van der Waals surface area (Å²) in [5, 5.41) is 3.99. The highest BCUT2D eigenvalue weighted by atomic mass is 16.3. The highest BCUT2D eigenvalue weighted by Gasteiger charge is 2.09. The second-order valence-electron chi connectivity index (χ2n) is 4.23. The van der Waals surface area contributed by atoms with E-state index in [9.17, 15) is 4.79 Å². The van der Waals surface area contributed by atoms with Gasteiger partial charge in [-0.2, -0.15) is 0 Å². The van der Waals surface area contributed by atoms with Crippen LogP contribution in [-0.4, -0.2) is 22.4 Å². The van der Waals surface area contributed by atoms with Crippen LogP contribution in [0.4, 0.5) is 0 Å². The molecule has 0 aliphatic rings. The minimum atomic E-state index is -0.239. The predicted octanol–water partition coefficient (Wildman–Crippen LogP) is 2.13. The number of nitrogens with zero attached hydrogens (tertiary/aromatic N) is 1. The summed E-state index contributed by atoms with van der Waals surface area (Å²) in [6, 6.07) is 8.10. The van der Waals surface area contributed by atoms with Crippen LogP contribution in [0.3, 0.4) is 0 Å². The van der Waals surface area contributed by atoms with Gasteiger partial charge in [0.05, 0.1) is 6.20 Å². The summed E-state index contributed by atoms with van der Waals surface area (Å²) in [5.74, 6) is -0.00346. The average molecular weight is 255 g/mol. The molecule has 0 aliphatic heterocycles. The molecule has 0 bridgehead atoms. The first-order valence-electron chi connectivity index (χ1n) is 6.06. The quantitative estimate of drug-likeness (QED) is 0.750. The molecular formula is C14H13N3O2. The molecule has 5 nitrogen and oxygen atoms in total. The molecular weight excluding hydrogens is 242 g/mol. The Morgan fingerprint density at radius 1 is 1.37 bits per heavy atom. The third kappa shape index (κ3) is 2.35. The summed E-state index contributed by atoms with van der Waals surface area (Å²) in [7, 11) is 0. The van der Waals surface area contributed by atoms with E-state index in [0.717, 1.165) is 11.9 Å². The standard InChI is InChI=1S/C14H13N3O2/c18-14(13-8-15-9-19-13)16-6-5-10-7-17-12-4-2-1-3-11(10)12/h1-4,7-9,17H,5-6H2,(H,16,18). The zero-order valence-electron chi connectivity index (χ0n) is 10.2. The predicted molar refractivity (Wildman–Crippen MR) is 70.8 cm³/mol. The number of rotatable bonds is 4. The molecule has 2 heterocycles. The minimum absolute atomic E-state index is 0.235. The van der Waals surface area contributed by atoms with Crippen molar-refractivity contribution in [2.24, 2.45) is 0 Å². The molecule has 1 aromatic carbocycles. The van der Waals surface area contributed by atoms with Crippen LogP contribution >= 0.6 is 0 Å². The van der Waals surface area contributed by atoms with Gasteiger partial charge in [-0.25, -0.2) is 4.98 Å². The SMILES string of the molecule is O=C(NCCc1c[nH]c2ccccc12)c1cnco1. The van der Waals surface area contributed by atoms with Gasteiger partial charge in [-0.05, 0) is 18.1 Å². The number of H-pyrrole nitrogens is 1. The number of amides is 1. The molecule has 0 saturated heterocycles. The van der Waals surface area contributed by atoms with Crippen molar-refractivity contribution >= 4 is 16.8 Å². The van der Waals surface area contributed by atoms with E-state index < -0.39 is 0 Å². The van der Waals surface area contributed by atoms with Gasteiger partial charge >= 0.3 is 0 Å². The molecule has 2 N–H and O–H groups in total. The van der Waals surface area contributed by atoms with Crippen molar-refractivity contribution in [1.82, 2.24) is 15.3 Å². The summed E-state index contributed by atoms with van der Waals surface area (Å²) in [6.45, 7) is 0.557. The Balaban J connectivity index is 1.62. The Hall–Kier alpha value is -2.56. The van der Waals surface area contributed by atoms with Gasteiger partial charge < -0.3 is 14.7 Å². The molecule has 0 aliphatic carbocycles. The number of benzene rings is 1. The van der Waals surface area contributed by atoms with Gasteiger partial charge in [-0.3, -0.25) is 4.79 Å². The lowest BCUT2D eigenvalue weighted by Gasteiger charge is -2.02. The van der Waals surface area contributed by atoms with Crippen molar-refractivity contribution in [2.75, 3.05) is 6.54 Å². The van der Waals surface area contributed by atoms with E-state index in [4.69, 9.17) is 4.42 Å². The first-order chi connectivity index (χ1) is 9.34. The smallest absolute Gasteiger partial charge is 0.288 e.